The summed E-state index contributed by atoms with van der Waals surface area (Å²) in [4.78, 5) is 2.79. The molecule has 2 fully saturated rings. The quantitative estimate of drug-likeness (QED) is 0.832. The van der Waals surface area contributed by atoms with Crippen molar-refractivity contribution in [1.82, 2.24) is 10.2 Å². The van der Waals surface area contributed by atoms with Crippen molar-refractivity contribution in [2.75, 3.05) is 25.9 Å². The molecule has 0 aromatic rings. The zero-order valence-corrected chi connectivity index (χ0v) is 14.8. The molecule has 0 bridgehead atoms. The Kier molecular flexibility index (Phi) is 6.25. The largest absolute Gasteiger partial charge is 0.314 e. The third-order valence-electron chi connectivity index (χ3n) is 5.85. The van der Waals surface area contributed by atoms with E-state index in [2.05, 4.69) is 49.0 Å². The molecule has 0 amide bonds. The lowest BCUT2D eigenvalue weighted by Crippen LogP contribution is -2.56. The zero-order valence-electron chi connectivity index (χ0n) is 14.0. The van der Waals surface area contributed by atoms with Crippen molar-refractivity contribution in [1.29, 1.82) is 0 Å². The van der Waals surface area contributed by atoms with Crippen LogP contribution < -0.4 is 5.32 Å². The molecule has 2 rings (SSSR count). The second-order valence-corrected chi connectivity index (χ2v) is 8.25. The van der Waals surface area contributed by atoms with Gasteiger partial charge in [-0.15, -0.1) is 0 Å². The minimum atomic E-state index is 0.553. The van der Waals surface area contributed by atoms with Gasteiger partial charge in [0.05, 0.1) is 0 Å². The van der Waals surface area contributed by atoms with Gasteiger partial charge in [-0.25, -0.2) is 0 Å². The lowest BCUT2D eigenvalue weighted by Gasteiger charge is -2.48. The van der Waals surface area contributed by atoms with E-state index in [9.17, 15) is 0 Å². The van der Waals surface area contributed by atoms with Crippen LogP contribution in [0.15, 0.2) is 0 Å². The number of hydrogen-bond acceptors (Lipinski definition) is 3. The van der Waals surface area contributed by atoms with Gasteiger partial charge in [0.1, 0.15) is 0 Å². The smallest absolute Gasteiger partial charge is 0.0284 e. The van der Waals surface area contributed by atoms with Crippen LogP contribution in [0.5, 0.6) is 0 Å². The lowest BCUT2D eigenvalue weighted by atomic mass is 9.83. The molecule has 0 aromatic carbocycles. The Labute approximate surface area is 130 Å². The Hall–Kier alpha value is 0.270. The van der Waals surface area contributed by atoms with Crippen LogP contribution in [0.25, 0.3) is 0 Å². The fourth-order valence-corrected chi connectivity index (χ4v) is 5.20. The highest BCUT2D eigenvalue weighted by atomic mass is 32.2. The molecule has 1 aliphatic heterocycles. The van der Waals surface area contributed by atoms with Crippen LogP contribution in [0.4, 0.5) is 0 Å². The molecule has 3 unspecified atom stereocenters. The highest BCUT2D eigenvalue weighted by Crippen LogP contribution is 2.40. The van der Waals surface area contributed by atoms with Gasteiger partial charge in [0.15, 0.2) is 0 Å². The Bertz CT molecular complexity index is 289. The van der Waals surface area contributed by atoms with Crippen molar-refractivity contribution in [3.8, 4) is 0 Å². The fraction of sp³-hybridized carbons (Fsp3) is 1.00. The van der Waals surface area contributed by atoms with Crippen LogP contribution in [0, 0.1) is 5.92 Å². The maximum absolute atomic E-state index is 3.68. The van der Waals surface area contributed by atoms with Gasteiger partial charge in [-0.2, -0.15) is 11.8 Å². The Morgan fingerprint density at radius 2 is 1.90 bits per heavy atom. The summed E-state index contributed by atoms with van der Waals surface area (Å²) in [7, 11) is 0. The summed E-state index contributed by atoms with van der Waals surface area (Å²) >= 11 is 2.14. The second-order valence-electron chi connectivity index (χ2n) is 6.97. The topological polar surface area (TPSA) is 15.3 Å². The van der Waals surface area contributed by atoms with E-state index in [-0.39, 0.29) is 0 Å². The Morgan fingerprint density at radius 1 is 1.20 bits per heavy atom. The molecule has 3 heteroatoms. The highest BCUT2D eigenvalue weighted by molar-refractivity contribution is 8.00. The molecule has 1 N–H and O–H groups in total. The van der Waals surface area contributed by atoms with Crippen molar-refractivity contribution >= 4 is 11.8 Å². The maximum Gasteiger partial charge on any atom is 0.0284 e. The van der Waals surface area contributed by atoms with E-state index < -0.39 is 0 Å². The summed E-state index contributed by atoms with van der Waals surface area (Å²) in [6.45, 7) is 10.8. The maximum atomic E-state index is 3.68. The summed E-state index contributed by atoms with van der Waals surface area (Å²) in [6.07, 6.45) is 10.9. The number of likely N-dealkylation sites (tertiary alicyclic amines) is 1. The van der Waals surface area contributed by atoms with Gasteiger partial charge in [-0.3, -0.25) is 4.90 Å². The average Bonchev–Trinajstić information content (AvgIpc) is 2.48. The van der Waals surface area contributed by atoms with Gasteiger partial charge in [-0.1, -0.05) is 33.1 Å². The highest BCUT2D eigenvalue weighted by Gasteiger charge is 2.38. The monoisotopic (exact) mass is 298 g/mol. The molecule has 118 valence electrons. The van der Waals surface area contributed by atoms with Crippen LogP contribution in [-0.2, 0) is 0 Å². The Balaban J connectivity index is 1.95. The van der Waals surface area contributed by atoms with Gasteiger partial charge in [0, 0.05) is 23.4 Å². The number of nitrogens with one attached hydrogen (secondary N) is 1. The summed E-state index contributed by atoms with van der Waals surface area (Å²) in [5, 5.41) is 3.68. The molecule has 1 saturated heterocycles. The molecule has 20 heavy (non-hydrogen) atoms. The van der Waals surface area contributed by atoms with Crippen LogP contribution in [0.1, 0.15) is 59.3 Å². The normalized spacial score (nSPS) is 35.1. The number of nitrogens with zero attached hydrogens (tertiary/aromatic N) is 1. The standard InChI is InChI=1S/C17H34N2S/c1-5-18-16-9-12-19(15(3)14(16)2)13-17(20-4)10-7-6-8-11-17/h14-16,18H,5-13H2,1-4H3. The molecule has 2 aliphatic rings. The summed E-state index contributed by atoms with van der Waals surface area (Å²) < 4.78 is 0.553. The van der Waals surface area contributed by atoms with E-state index in [1.54, 1.807) is 0 Å². The minimum absolute atomic E-state index is 0.553. The van der Waals surface area contributed by atoms with Crippen LogP contribution in [-0.4, -0.2) is 47.6 Å². The summed E-state index contributed by atoms with van der Waals surface area (Å²) in [5.41, 5.74) is 0. The predicted octanol–water partition coefficient (Wildman–Crippen LogP) is 3.76. The number of hydrogen-bond donors (Lipinski definition) is 1. The van der Waals surface area contributed by atoms with Crippen molar-refractivity contribution in [3.63, 3.8) is 0 Å². The predicted molar refractivity (Wildman–Crippen MR) is 91.6 cm³/mol. The fourth-order valence-electron chi connectivity index (χ4n) is 4.21. The van der Waals surface area contributed by atoms with Gasteiger partial charge >= 0.3 is 0 Å². The molecule has 3 atom stereocenters. The zero-order chi connectivity index (χ0) is 14.6. The molecule has 2 nitrogen and oxygen atoms in total. The van der Waals surface area contributed by atoms with E-state index in [1.807, 2.05) is 0 Å². The van der Waals surface area contributed by atoms with Crippen LogP contribution in [0.3, 0.4) is 0 Å². The molecule has 0 aromatic heterocycles. The molecule has 1 saturated carbocycles. The van der Waals surface area contributed by atoms with Crippen molar-refractivity contribution in [3.05, 3.63) is 0 Å². The van der Waals surface area contributed by atoms with Gasteiger partial charge < -0.3 is 5.32 Å². The van der Waals surface area contributed by atoms with E-state index in [1.165, 1.54) is 51.6 Å². The SMILES string of the molecule is CCNC1CCN(CC2(SC)CCCCC2)C(C)C1C. The minimum Gasteiger partial charge on any atom is -0.314 e. The van der Waals surface area contributed by atoms with Crippen molar-refractivity contribution in [2.24, 2.45) is 5.92 Å². The van der Waals surface area contributed by atoms with E-state index in [0.717, 1.165) is 24.5 Å². The molecular weight excluding hydrogens is 264 g/mol. The molecule has 0 radical (unpaired) electrons. The lowest BCUT2D eigenvalue weighted by molar-refractivity contribution is 0.0711. The van der Waals surface area contributed by atoms with Crippen LogP contribution in [0.2, 0.25) is 0 Å². The van der Waals surface area contributed by atoms with Gasteiger partial charge in [-0.05, 0) is 51.4 Å². The van der Waals surface area contributed by atoms with E-state index in [4.69, 9.17) is 0 Å². The Morgan fingerprint density at radius 3 is 2.50 bits per heavy atom. The molecule has 0 spiro atoms. The second kappa shape index (κ2) is 7.51. The first kappa shape index (κ1) is 16.6. The third kappa shape index (κ3) is 3.72. The van der Waals surface area contributed by atoms with Crippen molar-refractivity contribution in [2.45, 2.75) is 76.1 Å². The number of thioether (sulfide) groups is 1. The summed E-state index contributed by atoms with van der Waals surface area (Å²) in [6, 6.07) is 1.45. The number of rotatable bonds is 5. The average molecular weight is 299 g/mol. The van der Waals surface area contributed by atoms with Gasteiger partial charge in [0.25, 0.3) is 0 Å². The first-order chi connectivity index (χ1) is 9.62. The first-order valence-electron chi connectivity index (χ1n) is 8.64. The van der Waals surface area contributed by atoms with E-state index in [0.29, 0.717) is 4.75 Å². The number of piperidine rings is 1. The molecule has 1 heterocycles. The summed E-state index contributed by atoms with van der Waals surface area (Å²) in [5.74, 6) is 0.770. The van der Waals surface area contributed by atoms with Gasteiger partial charge in [0.2, 0.25) is 0 Å². The molecule has 1 aliphatic carbocycles. The third-order valence-corrected chi connectivity index (χ3v) is 7.26. The first-order valence-corrected chi connectivity index (χ1v) is 9.87. The van der Waals surface area contributed by atoms with Crippen molar-refractivity contribution < 1.29 is 0 Å². The van der Waals surface area contributed by atoms with Crippen LogP contribution >= 0.6 is 11.8 Å². The molecular formula is C17H34N2S. The van der Waals surface area contributed by atoms with E-state index >= 15 is 0 Å².